The lowest BCUT2D eigenvalue weighted by molar-refractivity contribution is 0.483. The summed E-state index contributed by atoms with van der Waals surface area (Å²) in [6.07, 6.45) is 3.88. The molecule has 1 atom stereocenters. The Morgan fingerprint density at radius 2 is 2.22 bits per heavy atom. The van der Waals surface area contributed by atoms with Gasteiger partial charge in [-0.25, -0.2) is 0 Å². The summed E-state index contributed by atoms with van der Waals surface area (Å²) in [6, 6.07) is 6.84. The zero-order valence-electron chi connectivity index (χ0n) is 11.4. The van der Waals surface area contributed by atoms with E-state index < -0.39 is 0 Å². The molecule has 0 aliphatic carbocycles. The molecule has 1 N–H and O–H groups in total. The molecule has 0 aromatic heterocycles. The van der Waals surface area contributed by atoms with Crippen molar-refractivity contribution in [3.63, 3.8) is 0 Å². The largest absolute Gasteiger partial charge is 0.367 e. The molecule has 1 unspecified atom stereocenters. The van der Waals surface area contributed by atoms with Crippen LogP contribution in [-0.4, -0.2) is 19.1 Å². The van der Waals surface area contributed by atoms with Crippen molar-refractivity contribution in [3.05, 3.63) is 28.8 Å². The van der Waals surface area contributed by atoms with Gasteiger partial charge >= 0.3 is 0 Å². The second kappa shape index (κ2) is 6.44. The highest BCUT2D eigenvalue weighted by atomic mass is 35.5. The highest BCUT2D eigenvalue weighted by Crippen LogP contribution is 2.34. The molecule has 0 amide bonds. The highest BCUT2D eigenvalue weighted by Gasteiger charge is 2.22. The predicted octanol–water partition coefficient (Wildman–Crippen LogP) is 3.83. The summed E-state index contributed by atoms with van der Waals surface area (Å²) in [5, 5.41) is 4.29. The minimum atomic E-state index is 0.596. The molecule has 0 bridgehead atoms. The first-order valence-electron chi connectivity index (χ1n) is 6.98. The smallest absolute Gasteiger partial charge is 0.0643 e. The van der Waals surface area contributed by atoms with E-state index >= 15 is 0 Å². The standard InChI is InChI=1S/C15H23ClN2/c1-3-17-11-13-8-6-9-14(16)15(13)18-10-5-4-7-12(18)2/h6,8-9,12,17H,3-5,7,10-11H2,1-2H3. The summed E-state index contributed by atoms with van der Waals surface area (Å²) >= 11 is 6.44. The number of benzene rings is 1. The number of nitrogens with zero attached hydrogens (tertiary/aromatic N) is 1. The van der Waals surface area contributed by atoms with Gasteiger partial charge in [0.25, 0.3) is 0 Å². The zero-order valence-corrected chi connectivity index (χ0v) is 12.1. The van der Waals surface area contributed by atoms with Crippen LogP contribution >= 0.6 is 11.6 Å². The van der Waals surface area contributed by atoms with Gasteiger partial charge in [-0.15, -0.1) is 0 Å². The summed E-state index contributed by atoms with van der Waals surface area (Å²) in [5.74, 6) is 0. The highest BCUT2D eigenvalue weighted by molar-refractivity contribution is 6.33. The van der Waals surface area contributed by atoms with E-state index in [4.69, 9.17) is 11.6 Å². The average Bonchev–Trinajstić information content (AvgIpc) is 2.38. The van der Waals surface area contributed by atoms with E-state index in [1.807, 2.05) is 12.1 Å². The van der Waals surface area contributed by atoms with Crippen LogP contribution in [0.5, 0.6) is 0 Å². The summed E-state index contributed by atoms with van der Waals surface area (Å²) in [7, 11) is 0. The van der Waals surface area contributed by atoms with Crippen LogP contribution < -0.4 is 10.2 Å². The fraction of sp³-hybridized carbons (Fsp3) is 0.600. The molecule has 2 nitrogen and oxygen atoms in total. The molecule has 100 valence electrons. The van der Waals surface area contributed by atoms with Crippen LogP contribution in [0.25, 0.3) is 0 Å². The van der Waals surface area contributed by atoms with Crippen molar-refractivity contribution in [1.29, 1.82) is 0 Å². The zero-order chi connectivity index (χ0) is 13.0. The molecule has 1 heterocycles. The molecule has 3 heteroatoms. The Hall–Kier alpha value is -0.730. The number of nitrogens with one attached hydrogen (secondary N) is 1. The summed E-state index contributed by atoms with van der Waals surface area (Å²) in [6.45, 7) is 7.45. The minimum Gasteiger partial charge on any atom is -0.367 e. The first-order chi connectivity index (χ1) is 8.74. The van der Waals surface area contributed by atoms with Gasteiger partial charge in [0.15, 0.2) is 0 Å². The maximum absolute atomic E-state index is 6.44. The third-order valence-electron chi connectivity index (χ3n) is 3.73. The van der Waals surface area contributed by atoms with E-state index in [2.05, 4.69) is 30.1 Å². The van der Waals surface area contributed by atoms with E-state index in [0.717, 1.165) is 24.7 Å². The van der Waals surface area contributed by atoms with Crippen LogP contribution in [0.2, 0.25) is 5.02 Å². The molecule has 1 saturated heterocycles. The van der Waals surface area contributed by atoms with E-state index in [9.17, 15) is 0 Å². The quantitative estimate of drug-likeness (QED) is 0.891. The fourth-order valence-corrected chi connectivity index (χ4v) is 3.02. The van der Waals surface area contributed by atoms with Gasteiger partial charge in [0.05, 0.1) is 10.7 Å². The van der Waals surface area contributed by atoms with Crippen LogP contribution in [0.3, 0.4) is 0 Å². The summed E-state index contributed by atoms with van der Waals surface area (Å²) < 4.78 is 0. The Balaban J connectivity index is 2.28. The van der Waals surface area contributed by atoms with Gasteiger partial charge in [0.2, 0.25) is 0 Å². The van der Waals surface area contributed by atoms with Crippen LogP contribution in [0.1, 0.15) is 38.7 Å². The van der Waals surface area contributed by atoms with Crippen molar-refractivity contribution in [3.8, 4) is 0 Å². The number of anilines is 1. The Bertz CT molecular complexity index is 392. The first kappa shape index (κ1) is 13.7. The fourth-order valence-electron chi connectivity index (χ4n) is 2.71. The Morgan fingerprint density at radius 1 is 1.39 bits per heavy atom. The summed E-state index contributed by atoms with van der Waals surface area (Å²) in [5.41, 5.74) is 2.56. The molecular weight excluding hydrogens is 244 g/mol. The minimum absolute atomic E-state index is 0.596. The molecule has 0 saturated carbocycles. The third-order valence-corrected chi connectivity index (χ3v) is 4.03. The van der Waals surface area contributed by atoms with Crippen LogP contribution in [0, 0.1) is 0 Å². The van der Waals surface area contributed by atoms with Gasteiger partial charge in [-0.3, -0.25) is 0 Å². The lowest BCUT2D eigenvalue weighted by Gasteiger charge is -2.37. The van der Waals surface area contributed by atoms with Crippen molar-refractivity contribution in [2.45, 2.75) is 45.7 Å². The van der Waals surface area contributed by atoms with Gasteiger partial charge in [0, 0.05) is 19.1 Å². The Kier molecular flexibility index (Phi) is 4.90. The maximum Gasteiger partial charge on any atom is 0.0643 e. The Labute approximate surface area is 115 Å². The van der Waals surface area contributed by atoms with Crippen molar-refractivity contribution in [1.82, 2.24) is 5.32 Å². The van der Waals surface area contributed by atoms with Crippen LogP contribution in [-0.2, 0) is 6.54 Å². The number of halogens is 1. The molecule has 18 heavy (non-hydrogen) atoms. The summed E-state index contributed by atoms with van der Waals surface area (Å²) in [4.78, 5) is 2.48. The monoisotopic (exact) mass is 266 g/mol. The van der Waals surface area contributed by atoms with Gasteiger partial charge in [0.1, 0.15) is 0 Å². The molecule has 1 aromatic carbocycles. The van der Waals surface area contributed by atoms with E-state index in [1.165, 1.54) is 30.5 Å². The molecule has 1 aromatic rings. The van der Waals surface area contributed by atoms with E-state index in [0.29, 0.717) is 6.04 Å². The molecule has 1 aliphatic heterocycles. The normalized spacial score (nSPS) is 20.2. The number of rotatable bonds is 4. The second-order valence-electron chi connectivity index (χ2n) is 5.07. The molecule has 0 radical (unpaired) electrons. The molecule has 1 aliphatic rings. The molecule has 2 rings (SSSR count). The van der Waals surface area contributed by atoms with Crippen molar-refractivity contribution in [2.24, 2.45) is 0 Å². The molecular formula is C15H23ClN2. The number of hydrogen-bond acceptors (Lipinski definition) is 2. The maximum atomic E-state index is 6.44. The van der Waals surface area contributed by atoms with E-state index in [-0.39, 0.29) is 0 Å². The number of piperidine rings is 1. The van der Waals surface area contributed by atoms with Crippen LogP contribution in [0.4, 0.5) is 5.69 Å². The SMILES string of the molecule is CCNCc1cccc(Cl)c1N1CCCCC1C. The van der Waals surface area contributed by atoms with E-state index in [1.54, 1.807) is 0 Å². The predicted molar refractivity (Wildman–Crippen MR) is 79.5 cm³/mol. The van der Waals surface area contributed by atoms with Gasteiger partial charge in [-0.05, 0) is 44.4 Å². The molecule has 1 fully saturated rings. The Morgan fingerprint density at radius 3 is 2.94 bits per heavy atom. The van der Waals surface area contributed by atoms with Crippen molar-refractivity contribution in [2.75, 3.05) is 18.0 Å². The average molecular weight is 267 g/mol. The van der Waals surface area contributed by atoms with Gasteiger partial charge in [-0.2, -0.15) is 0 Å². The lowest BCUT2D eigenvalue weighted by Crippen LogP contribution is -2.38. The second-order valence-corrected chi connectivity index (χ2v) is 5.47. The lowest BCUT2D eigenvalue weighted by atomic mass is 10.0. The van der Waals surface area contributed by atoms with Crippen molar-refractivity contribution >= 4 is 17.3 Å². The van der Waals surface area contributed by atoms with Gasteiger partial charge < -0.3 is 10.2 Å². The number of hydrogen-bond donors (Lipinski definition) is 1. The van der Waals surface area contributed by atoms with Gasteiger partial charge in [-0.1, -0.05) is 30.7 Å². The number of para-hydroxylation sites is 1. The third kappa shape index (κ3) is 2.99. The van der Waals surface area contributed by atoms with Crippen LogP contribution in [0.15, 0.2) is 18.2 Å². The first-order valence-corrected chi connectivity index (χ1v) is 7.36. The topological polar surface area (TPSA) is 15.3 Å². The molecule has 0 spiro atoms. The van der Waals surface area contributed by atoms with Crippen molar-refractivity contribution < 1.29 is 0 Å².